The summed E-state index contributed by atoms with van der Waals surface area (Å²) < 4.78 is 7.93. The first kappa shape index (κ1) is 11.1. The second kappa shape index (κ2) is 4.63. The smallest absolute Gasteiger partial charge is 0.170 e. The van der Waals surface area contributed by atoms with Gasteiger partial charge in [-0.1, -0.05) is 11.8 Å². The molecule has 15 heavy (non-hydrogen) atoms. The monoisotopic (exact) mass is 304 g/mol. The Hall–Kier alpha value is -0.400. The molecule has 0 saturated carbocycles. The fraction of sp³-hybridized carbons (Fsp3) is 0.375. The van der Waals surface area contributed by atoms with Crippen molar-refractivity contribution < 1.29 is 0 Å². The highest BCUT2D eigenvalue weighted by Gasteiger charge is 2.11. The van der Waals surface area contributed by atoms with Gasteiger partial charge in [-0.05, 0) is 34.4 Å². The summed E-state index contributed by atoms with van der Waals surface area (Å²) in [6.07, 6.45) is 1.58. The molecule has 0 unspecified atom stereocenters. The Morgan fingerprint density at radius 1 is 1.60 bits per heavy atom. The predicted molar refractivity (Wildman–Crippen MR) is 65.1 cm³/mol. The normalized spacial score (nSPS) is 10.9. The summed E-state index contributed by atoms with van der Waals surface area (Å²) >= 11 is 6.63. The lowest BCUT2D eigenvalue weighted by molar-refractivity contribution is 0.727. The molecule has 0 saturated heterocycles. The molecular formula is C8H9BrN4S2. The molecule has 0 atom stereocenters. The van der Waals surface area contributed by atoms with Crippen LogP contribution in [0.25, 0.3) is 0 Å². The molecule has 0 aromatic carbocycles. The van der Waals surface area contributed by atoms with Crippen LogP contribution >= 0.6 is 39.2 Å². The minimum absolute atomic E-state index is 0.854. The molecule has 7 heteroatoms. The summed E-state index contributed by atoms with van der Waals surface area (Å²) in [4.78, 5) is 4.12. The zero-order valence-corrected chi connectivity index (χ0v) is 11.5. The second-order valence-corrected chi connectivity index (χ2v) is 5.76. The van der Waals surface area contributed by atoms with Crippen LogP contribution in [-0.2, 0) is 12.8 Å². The van der Waals surface area contributed by atoms with Crippen LogP contribution in [0.1, 0.15) is 11.4 Å². The van der Waals surface area contributed by atoms with E-state index in [9.17, 15) is 0 Å². The Morgan fingerprint density at radius 3 is 2.93 bits per heavy atom. The average Bonchev–Trinajstić information content (AvgIpc) is 2.76. The lowest BCUT2D eigenvalue weighted by Gasteiger charge is -1.99. The van der Waals surface area contributed by atoms with E-state index in [0.717, 1.165) is 20.3 Å². The Bertz CT molecular complexity index is 451. The number of halogens is 1. The van der Waals surface area contributed by atoms with E-state index in [0.29, 0.717) is 0 Å². The highest BCUT2D eigenvalue weighted by atomic mass is 79.9. The minimum atomic E-state index is 0.854. The molecule has 0 aliphatic rings. The minimum Gasteiger partial charge on any atom is -0.270 e. The van der Waals surface area contributed by atoms with Gasteiger partial charge in [0.25, 0.3) is 0 Å². The molecule has 0 fully saturated rings. The molecule has 0 amide bonds. The van der Waals surface area contributed by atoms with Crippen molar-refractivity contribution in [2.24, 2.45) is 7.05 Å². The molecule has 2 aromatic heterocycles. The van der Waals surface area contributed by atoms with Crippen molar-refractivity contribution >= 4 is 39.2 Å². The molecule has 80 valence electrons. The van der Waals surface area contributed by atoms with E-state index in [1.807, 2.05) is 18.7 Å². The molecule has 0 radical (unpaired) electrons. The number of aryl methyl sites for hydroxylation is 2. The average molecular weight is 305 g/mol. The van der Waals surface area contributed by atoms with Crippen LogP contribution in [0.5, 0.6) is 0 Å². The van der Waals surface area contributed by atoms with Gasteiger partial charge in [0, 0.05) is 12.8 Å². The van der Waals surface area contributed by atoms with Crippen LogP contribution in [0.2, 0.25) is 0 Å². The first-order valence-electron chi connectivity index (χ1n) is 4.26. The fourth-order valence-electron chi connectivity index (χ4n) is 1.19. The van der Waals surface area contributed by atoms with E-state index in [-0.39, 0.29) is 0 Å². The number of aromatic nitrogens is 4. The first-order chi connectivity index (χ1) is 7.18. The van der Waals surface area contributed by atoms with Crippen LogP contribution in [0.3, 0.4) is 0 Å². The number of thioether (sulfide) groups is 1. The molecule has 0 spiro atoms. The highest BCUT2D eigenvalue weighted by molar-refractivity contribution is 9.10. The maximum absolute atomic E-state index is 4.33. The lowest BCUT2D eigenvalue weighted by Crippen LogP contribution is -1.96. The summed E-state index contributed by atoms with van der Waals surface area (Å²) in [6, 6.07) is 0. The summed E-state index contributed by atoms with van der Waals surface area (Å²) in [5, 5.41) is 4.33. The summed E-state index contributed by atoms with van der Waals surface area (Å²) in [7, 11) is 1.95. The maximum Gasteiger partial charge on any atom is 0.170 e. The zero-order valence-electron chi connectivity index (χ0n) is 8.27. The third kappa shape index (κ3) is 2.40. The van der Waals surface area contributed by atoms with Gasteiger partial charge in [-0.25, -0.2) is 4.98 Å². The van der Waals surface area contributed by atoms with E-state index in [4.69, 9.17) is 0 Å². The standard InChI is InChI=1S/C8H9BrN4S2/c1-5-7(9)6(13(2)12-5)3-14-8-10-4-11-15-8/h4H,3H2,1-2H3. The second-order valence-electron chi connectivity index (χ2n) is 2.97. The third-order valence-corrected chi connectivity index (χ3v) is 4.78. The van der Waals surface area contributed by atoms with Crippen molar-refractivity contribution in [1.29, 1.82) is 0 Å². The van der Waals surface area contributed by atoms with E-state index >= 15 is 0 Å². The van der Waals surface area contributed by atoms with E-state index in [1.165, 1.54) is 17.2 Å². The zero-order chi connectivity index (χ0) is 10.8. The van der Waals surface area contributed by atoms with Gasteiger partial charge in [0.1, 0.15) is 6.33 Å². The fourth-order valence-corrected chi connectivity index (χ4v) is 3.36. The van der Waals surface area contributed by atoms with Crippen molar-refractivity contribution in [1.82, 2.24) is 19.1 Å². The molecule has 0 bridgehead atoms. The van der Waals surface area contributed by atoms with Crippen LogP contribution < -0.4 is 0 Å². The van der Waals surface area contributed by atoms with Gasteiger partial charge in [-0.2, -0.15) is 9.47 Å². The van der Waals surface area contributed by atoms with Crippen molar-refractivity contribution in [3.63, 3.8) is 0 Å². The maximum atomic E-state index is 4.33. The van der Waals surface area contributed by atoms with E-state index in [1.54, 1.807) is 18.1 Å². The summed E-state index contributed by atoms with van der Waals surface area (Å²) in [6.45, 7) is 1.99. The molecule has 2 aromatic rings. The number of hydrogen-bond acceptors (Lipinski definition) is 5. The molecule has 2 heterocycles. The SMILES string of the molecule is Cc1nn(C)c(CSc2ncns2)c1Br. The highest BCUT2D eigenvalue weighted by Crippen LogP contribution is 2.28. The predicted octanol–water partition coefficient (Wildman–Crippen LogP) is 2.63. The number of rotatable bonds is 3. The molecule has 0 N–H and O–H groups in total. The van der Waals surface area contributed by atoms with Gasteiger partial charge in [0.15, 0.2) is 4.34 Å². The Balaban J connectivity index is 2.11. The Kier molecular flexibility index (Phi) is 3.42. The van der Waals surface area contributed by atoms with Gasteiger partial charge in [0.2, 0.25) is 0 Å². The van der Waals surface area contributed by atoms with Crippen LogP contribution in [-0.4, -0.2) is 19.1 Å². The largest absolute Gasteiger partial charge is 0.270 e. The molecular weight excluding hydrogens is 296 g/mol. The number of nitrogens with zero attached hydrogens (tertiary/aromatic N) is 4. The van der Waals surface area contributed by atoms with Gasteiger partial charge in [-0.15, -0.1) is 0 Å². The van der Waals surface area contributed by atoms with Gasteiger partial charge in [-0.3, -0.25) is 4.68 Å². The first-order valence-corrected chi connectivity index (χ1v) is 6.81. The van der Waals surface area contributed by atoms with Crippen molar-refractivity contribution in [3.05, 3.63) is 22.2 Å². The molecule has 0 aliphatic heterocycles. The molecule has 0 aliphatic carbocycles. The topological polar surface area (TPSA) is 43.6 Å². The molecule has 2 rings (SSSR count). The van der Waals surface area contributed by atoms with E-state index in [2.05, 4.69) is 30.4 Å². The van der Waals surface area contributed by atoms with E-state index < -0.39 is 0 Å². The lowest BCUT2D eigenvalue weighted by atomic mass is 10.4. The van der Waals surface area contributed by atoms with Crippen molar-refractivity contribution in [2.75, 3.05) is 0 Å². The van der Waals surface area contributed by atoms with Crippen LogP contribution in [0, 0.1) is 6.92 Å². The quantitative estimate of drug-likeness (QED) is 0.818. The summed E-state index contributed by atoms with van der Waals surface area (Å²) in [5.74, 6) is 0.854. The summed E-state index contributed by atoms with van der Waals surface area (Å²) in [5.41, 5.74) is 2.19. The van der Waals surface area contributed by atoms with Gasteiger partial charge >= 0.3 is 0 Å². The third-order valence-electron chi connectivity index (χ3n) is 1.94. The van der Waals surface area contributed by atoms with Gasteiger partial charge < -0.3 is 0 Å². The number of hydrogen-bond donors (Lipinski definition) is 0. The van der Waals surface area contributed by atoms with Crippen molar-refractivity contribution in [3.8, 4) is 0 Å². The molecule has 4 nitrogen and oxygen atoms in total. The Morgan fingerprint density at radius 2 is 2.40 bits per heavy atom. The van der Waals surface area contributed by atoms with Crippen LogP contribution in [0.15, 0.2) is 15.1 Å². The van der Waals surface area contributed by atoms with Crippen molar-refractivity contribution in [2.45, 2.75) is 17.0 Å². The van der Waals surface area contributed by atoms with Gasteiger partial charge in [0.05, 0.1) is 15.9 Å². The Labute approximate surface area is 104 Å². The van der Waals surface area contributed by atoms with Crippen LogP contribution in [0.4, 0.5) is 0 Å².